The van der Waals surface area contributed by atoms with Crippen molar-refractivity contribution in [2.24, 2.45) is 0 Å². The number of nitrogens with zero attached hydrogens (tertiary/aromatic N) is 1. The molecule has 112 valence electrons. The highest BCUT2D eigenvalue weighted by Crippen LogP contribution is 2.26. The summed E-state index contributed by atoms with van der Waals surface area (Å²) in [6.45, 7) is 2.58. The van der Waals surface area contributed by atoms with Crippen molar-refractivity contribution in [3.8, 4) is 0 Å². The molecule has 0 saturated heterocycles. The van der Waals surface area contributed by atoms with E-state index in [9.17, 15) is 18.5 Å². The average Bonchev–Trinajstić information content (AvgIpc) is 2.39. The number of methoxy groups -OCH3 is 1. The van der Waals surface area contributed by atoms with Crippen LogP contribution < -0.4 is 10.0 Å². The fraction of sp³-hybridized carbons (Fsp3) is 0.455. The van der Waals surface area contributed by atoms with Gasteiger partial charge in [-0.2, -0.15) is 0 Å². The van der Waals surface area contributed by atoms with Crippen molar-refractivity contribution >= 4 is 21.4 Å². The normalized spacial score (nSPS) is 11.3. The molecule has 0 aliphatic heterocycles. The first-order valence-electron chi connectivity index (χ1n) is 5.93. The second-order valence-corrected chi connectivity index (χ2v) is 5.59. The molecule has 0 spiro atoms. The van der Waals surface area contributed by atoms with E-state index in [0.29, 0.717) is 6.54 Å². The molecule has 1 aromatic carbocycles. The maximum absolute atomic E-state index is 12.1. The molecular weight excluding hydrogens is 286 g/mol. The molecule has 0 radical (unpaired) electrons. The molecule has 1 aromatic rings. The molecular formula is C11H17N3O5S. The minimum Gasteiger partial charge on any atom is -0.384 e. The Balaban J connectivity index is 3.12. The van der Waals surface area contributed by atoms with Gasteiger partial charge in [-0.25, -0.2) is 13.1 Å². The van der Waals surface area contributed by atoms with E-state index in [-0.39, 0.29) is 29.4 Å². The summed E-state index contributed by atoms with van der Waals surface area (Å²) in [7, 11) is -2.28. The van der Waals surface area contributed by atoms with Gasteiger partial charge in [-0.1, -0.05) is 0 Å². The number of anilines is 1. The third-order valence-electron chi connectivity index (χ3n) is 2.43. The van der Waals surface area contributed by atoms with Crippen LogP contribution in [0.1, 0.15) is 6.92 Å². The van der Waals surface area contributed by atoms with Gasteiger partial charge in [0.05, 0.1) is 17.2 Å². The minimum absolute atomic E-state index is 0.0268. The first-order chi connectivity index (χ1) is 9.42. The van der Waals surface area contributed by atoms with Crippen LogP contribution in [0.5, 0.6) is 0 Å². The number of sulfonamides is 1. The molecule has 0 atom stereocenters. The first-order valence-corrected chi connectivity index (χ1v) is 7.41. The van der Waals surface area contributed by atoms with Crippen LogP contribution in [0, 0.1) is 10.1 Å². The van der Waals surface area contributed by atoms with E-state index in [4.69, 9.17) is 4.74 Å². The zero-order valence-corrected chi connectivity index (χ0v) is 12.1. The quantitative estimate of drug-likeness (QED) is 0.420. The Bertz CT molecular complexity index is 573. The number of non-ortho nitro benzene ring substituents is 1. The number of nitrogens with one attached hydrogen (secondary N) is 2. The number of ether oxygens (including phenoxy) is 1. The van der Waals surface area contributed by atoms with Gasteiger partial charge < -0.3 is 10.1 Å². The topological polar surface area (TPSA) is 111 Å². The molecule has 1 rings (SSSR count). The smallest absolute Gasteiger partial charge is 0.271 e. The maximum Gasteiger partial charge on any atom is 0.271 e. The van der Waals surface area contributed by atoms with E-state index in [1.807, 2.05) is 0 Å². The Labute approximate surface area is 117 Å². The van der Waals surface area contributed by atoms with Crippen molar-refractivity contribution in [3.05, 3.63) is 28.3 Å². The van der Waals surface area contributed by atoms with Crippen LogP contribution in [-0.4, -0.2) is 40.1 Å². The van der Waals surface area contributed by atoms with Gasteiger partial charge in [0, 0.05) is 32.3 Å². The van der Waals surface area contributed by atoms with Gasteiger partial charge in [0.2, 0.25) is 10.0 Å². The van der Waals surface area contributed by atoms with Crippen LogP contribution in [0.15, 0.2) is 23.1 Å². The Morgan fingerprint density at radius 3 is 2.65 bits per heavy atom. The molecule has 0 bridgehead atoms. The van der Waals surface area contributed by atoms with Crippen LogP contribution in [0.2, 0.25) is 0 Å². The number of nitro benzene ring substituents is 1. The molecule has 8 nitrogen and oxygen atoms in total. The summed E-state index contributed by atoms with van der Waals surface area (Å²) in [6, 6.07) is 3.57. The number of hydrogen-bond donors (Lipinski definition) is 2. The highest BCUT2D eigenvalue weighted by Gasteiger charge is 2.20. The summed E-state index contributed by atoms with van der Waals surface area (Å²) in [5, 5.41) is 13.5. The molecule has 0 amide bonds. The van der Waals surface area contributed by atoms with Crippen molar-refractivity contribution < 1.29 is 18.1 Å². The molecule has 0 aromatic heterocycles. The summed E-state index contributed by atoms with van der Waals surface area (Å²) >= 11 is 0. The third-order valence-corrected chi connectivity index (χ3v) is 3.95. The van der Waals surface area contributed by atoms with Gasteiger partial charge in [0.25, 0.3) is 5.69 Å². The summed E-state index contributed by atoms with van der Waals surface area (Å²) in [5.41, 5.74) is 0.0309. The summed E-state index contributed by atoms with van der Waals surface area (Å²) < 4.78 is 31.3. The van der Waals surface area contributed by atoms with Crippen LogP contribution in [0.4, 0.5) is 11.4 Å². The van der Waals surface area contributed by atoms with E-state index in [1.165, 1.54) is 19.2 Å². The van der Waals surface area contributed by atoms with Crippen molar-refractivity contribution in [1.82, 2.24) is 4.72 Å². The second kappa shape index (κ2) is 7.17. The molecule has 0 aliphatic rings. The molecule has 0 saturated carbocycles. The van der Waals surface area contributed by atoms with Crippen molar-refractivity contribution in [1.29, 1.82) is 0 Å². The summed E-state index contributed by atoms with van der Waals surface area (Å²) in [5.74, 6) is 0. The van der Waals surface area contributed by atoms with E-state index >= 15 is 0 Å². The summed E-state index contributed by atoms with van der Waals surface area (Å²) in [4.78, 5) is 10.1. The molecule has 0 unspecified atom stereocenters. The monoisotopic (exact) mass is 303 g/mol. The average molecular weight is 303 g/mol. The highest BCUT2D eigenvalue weighted by atomic mass is 32.2. The second-order valence-electron chi connectivity index (χ2n) is 3.86. The minimum atomic E-state index is -3.74. The number of benzene rings is 1. The zero-order valence-electron chi connectivity index (χ0n) is 11.3. The van der Waals surface area contributed by atoms with E-state index in [1.54, 1.807) is 6.92 Å². The highest BCUT2D eigenvalue weighted by molar-refractivity contribution is 7.89. The van der Waals surface area contributed by atoms with Gasteiger partial charge in [0.1, 0.15) is 4.90 Å². The van der Waals surface area contributed by atoms with Gasteiger partial charge in [-0.05, 0) is 13.0 Å². The van der Waals surface area contributed by atoms with Crippen molar-refractivity contribution in [2.45, 2.75) is 11.8 Å². The molecule has 9 heteroatoms. The maximum atomic E-state index is 12.1. The first kappa shape index (κ1) is 16.3. The lowest BCUT2D eigenvalue weighted by Gasteiger charge is -2.12. The number of hydrogen-bond acceptors (Lipinski definition) is 6. The standard InChI is InChI=1S/C11H17N3O5S/c1-3-12-10-8-9(14(15)16)4-5-11(10)20(17,18)13-6-7-19-2/h4-5,8,12-13H,3,6-7H2,1-2H3. The van der Waals surface area contributed by atoms with Gasteiger partial charge in [-0.15, -0.1) is 0 Å². The predicted octanol–water partition coefficient (Wildman–Crippen LogP) is 0.951. The third kappa shape index (κ3) is 4.15. The van der Waals surface area contributed by atoms with Crippen molar-refractivity contribution in [3.63, 3.8) is 0 Å². The lowest BCUT2D eigenvalue weighted by atomic mass is 10.3. The summed E-state index contributed by atoms with van der Waals surface area (Å²) in [6.07, 6.45) is 0. The predicted molar refractivity (Wildman–Crippen MR) is 74.3 cm³/mol. The number of nitro groups is 1. The Hall–Kier alpha value is -1.71. The molecule has 2 N–H and O–H groups in total. The molecule has 0 fully saturated rings. The largest absolute Gasteiger partial charge is 0.384 e. The van der Waals surface area contributed by atoms with E-state index in [2.05, 4.69) is 10.0 Å². The van der Waals surface area contributed by atoms with Crippen LogP contribution >= 0.6 is 0 Å². The lowest BCUT2D eigenvalue weighted by Crippen LogP contribution is -2.28. The van der Waals surface area contributed by atoms with Crippen LogP contribution in [0.25, 0.3) is 0 Å². The van der Waals surface area contributed by atoms with E-state index in [0.717, 1.165) is 6.07 Å². The number of rotatable bonds is 8. The van der Waals surface area contributed by atoms with Gasteiger partial charge in [-0.3, -0.25) is 10.1 Å². The SMILES string of the molecule is CCNc1cc([N+](=O)[O-])ccc1S(=O)(=O)NCCOC. The zero-order chi connectivity index (χ0) is 15.2. The van der Waals surface area contributed by atoms with Gasteiger partial charge in [0.15, 0.2) is 0 Å². The Morgan fingerprint density at radius 1 is 1.40 bits per heavy atom. The lowest BCUT2D eigenvalue weighted by molar-refractivity contribution is -0.384. The van der Waals surface area contributed by atoms with Gasteiger partial charge >= 0.3 is 0 Å². The molecule has 20 heavy (non-hydrogen) atoms. The van der Waals surface area contributed by atoms with Crippen LogP contribution in [0.3, 0.4) is 0 Å². The Kier molecular flexibility index (Phi) is 5.86. The van der Waals surface area contributed by atoms with Crippen LogP contribution in [-0.2, 0) is 14.8 Å². The Morgan fingerprint density at radius 2 is 2.10 bits per heavy atom. The molecule has 0 heterocycles. The fourth-order valence-corrected chi connectivity index (χ4v) is 2.73. The molecule has 0 aliphatic carbocycles. The van der Waals surface area contributed by atoms with Crippen molar-refractivity contribution in [2.75, 3.05) is 32.1 Å². The van der Waals surface area contributed by atoms with E-state index < -0.39 is 14.9 Å². The fourth-order valence-electron chi connectivity index (χ4n) is 1.55.